The summed E-state index contributed by atoms with van der Waals surface area (Å²) in [4.78, 5) is 12.1. The molecule has 0 fully saturated rings. The lowest BCUT2D eigenvalue weighted by Crippen LogP contribution is -2.19. The van der Waals surface area contributed by atoms with E-state index in [4.69, 9.17) is 10.5 Å². The van der Waals surface area contributed by atoms with Crippen molar-refractivity contribution in [3.63, 3.8) is 0 Å². The Morgan fingerprint density at radius 2 is 1.80 bits per heavy atom. The summed E-state index contributed by atoms with van der Waals surface area (Å²) in [6.45, 7) is 2.91. The van der Waals surface area contributed by atoms with Crippen LogP contribution in [0.4, 0.5) is 0 Å². The molecule has 4 aromatic carbocycles. The molecule has 0 aliphatic rings. The number of rotatable bonds is 7. The third kappa shape index (κ3) is 4.44. The van der Waals surface area contributed by atoms with E-state index < -0.39 is 0 Å². The van der Waals surface area contributed by atoms with E-state index >= 15 is 0 Å². The molecule has 1 aromatic heterocycles. The maximum absolute atomic E-state index is 12.1. The largest absolute Gasteiger partial charge is 0.496 e. The fourth-order valence-corrected chi connectivity index (χ4v) is 4.73. The van der Waals surface area contributed by atoms with E-state index in [-0.39, 0.29) is 18.5 Å². The van der Waals surface area contributed by atoms with Gasteiger partial charge in [0.25, 0.3) is 0 Å². The van der Waals surface area contributed by atoms with E-state index in [1.807, 2.05) is 24.3 Å². The van der Waals surface area contributed by atoms with Crippen molar-refractivity contribution in [2.75, 3.05) is 13.7 Å². The number of benzene rings is 4. The van der Waals surface area contributed by atoms with E-state index in [9.17, 15) is 4.79 Å². The summed E-state index contributed by atoms with van der Waals surface area (Å²) in [6, 6.07) is 29.4. The molecular weight excluding hydrogens is 434 g/mol. The zero-order valence-electron chi connectivity index (χ0n) is 20.0. The molecule has 0 amide bonds. The second-order valence-electron chi connectivity index (χ2n) is 8.76. The van der Waals surface area contributed by atoms with Crippen molar-refractivity contribution in [2.24, 2.45) is 5.73 Å². The van der Waals surface area contributed by atoms with Gasteiger partial charge >= 0.3 is 0 Å². The minimum Gasteiger partial charge on any atom is -0.496 e. The topological polar surface area (TPSA) is 69.3 Å². The van der Waals surface area contributed by atoms with Gasteiger partial charge in [0.05, 0.1) is 19.2 Å². The van der Waals surface area contributed by atoms with Crippen molar-refractivity contribution >= 4 is 27.6 Å². The van der Waals surface area contributed by atoms with Gasteiger partial charge in [0.15, 0.2) is 0 Å². The van der Waals surface area contributed by atoms with Crippen LogP contribution in [0.3, 0.4) is 0 Å². The van der Waals surface area contributed by atoms with Crippen LogP contribution in [-0.2, 0) is 6.54 Å². The Morgan fingerprint density at radius 1 is 0.971 bits per heavy atom. The fraction of sp³-hybridized carbons (Fsp3) is 0.167. The minimum absolute atomic E-state index is 0.0222. The Hall–Kier alpha value is -3.93. The first-order valence-electron chi connectivity index (χ1n) is 11.8. The van der Waals surface area contributed by atoms with Gasteiger partial charge in [-0.3, -0.25) is 9.36 Å². The molecule has 5 rings (SSSR count). The lowest BCUT2D eigenvalue weighted by atomic mass is 9.98. The molecule has 0 saturated heterocycles. The van der Waals surface area contributed by atoms with Crippen molar-refractivity contribution in [1.29, 1.82) is 0 Å². The van der Waals surface area contributed by atoms with Gasteiger partial charge in [-0.25, -0.2) is 0 Å². The van der Waals surface area contributed by atoms with Crippen LogP contribution >= 0.6 is 0 Å². The summed E-state index contributed by atoms with van der Waals surface area (Å²) >= 11 is 0. The van der Waals surface area contributed by atoms with E-state index in [1.165, 1.54) is 21.9 Å². The van der Waals surface area contributed by atoms with Gasteiger partial charge in [-0.05, 0) is 64.7 Å². The molecule has 0 aliphatic carbocycles. The molecule has 0 radical (unpaired) electrons. The standard InChI is InChI=1S/C30H29N3O2/c1-20(25-9-5-7-22-6-3-4-8-26(22)25)32-19-21-10-13-29(35-2)27(16-21)23-11-12-28-24(17-23)14-15-33(28)30(34)18-31/h3-17,20,32H,18-19,31H2,1-2H3/t20-/m1/s1. The minimum atomic E-state index is -0.126. The van der Waals surface area contributed by atoms with Gasteiger partial charge < -0.3 is 15.8 Å². The van der Waals surface area contributed by atoms with E-state index in [0.717, 1.165) is 34.3 Å². The first-order chi connectivity index (χ1) is 17.1. The van der Waals surface area contributed by atoms with Crippen LogP contribution in [0.15, 0.2) is 91.1 Å². The van der Waals surface area contributed by atoms with Gasteiger partial charge in [0.2, 0.25) is 5.91 Å². The Bertz CT molecular complexity index is 1510. The molecule has 176 valence electrons. The van der Waals surface area contributed by atoms with Crippen molar-refractivity contribution in [3.8, 4) is 16.9 Å². The van der Waals surface area contributed by atoms with Gasteiger partial charge in [0.1, 0.15) is 5.75 Å². The van der Waals surface area contributed by atoms with Crippen molar-refractivity contribution in [2.45, 2.75) is 19.5 Å². The molecule has 1 atom stereocenters. The average molecular weight is 464 g/mol. The normalized spacial score (nSPS) is 12.2. The number of nitrogens with one attached hydrogen (secondary N) is 1. The Labute approximate surface area is 205 Å². The molecule has 0 aliphatic heterocycles. The number of hydrogen-bond donors (Lipinski definition) is 2. The molecule has 5 nitrogen and oxygen atoms in total. The second-order valence-corrected chi connectivity index (χ2v) is 8.76. The molecule has 0 spiro atoms. The summed E-state index contributed by atoms with van der Waals surface area (Å²) in [5, 5.41) is 7.20. The third-order valence-electron chi connectivity index (χ3n) is 6.61. The third-order valence-corrected chi connectivity index (χ3v) is 6.61. The number of carbonyl (C=O) groups is 1. The predicted molar refractivity (Wildman–Crippen MR) is 143 cm³/mol. The van der Waals surface area contributed by atoms with Crippen molar-refractivity contribution < 1.29 is 9.53 Å². The van der Waals surface area contributed by atoms with Gasteiger partial charge in [-0.2, -0.15) is 0 Å². The molecule has 1 heterocycles. The number of carbonyl (C=O) groups excluding carboxylic acids is 1. The molecule has 0 saturated carbocycles. The summed E-state index contributed by atoms with van der Waals surface area (Å²) in [6.07, 6.45) is 1.77. The molecule has 35 heavy (non-hydrogen) atoms. The number of methoxy groups -OCH3 is 1. The summed E-state index contributed by atoms with van der Waals surface area (Å²) in [5.41, 5.74) is 10.9. The predicted octanol–water partition coefficient (Wildman–Crippen LogP) is 5.92. The maximum atomic E-state index is 12.1. The number of nitrogens with two attached hydrogens (primary N) is 1. The summed E-state index contributed by atoms with van der Waals surface area (Å²) in [7, 11) is 1.69. The van der Waals surface area contributed by atoms with Crippen LogP contribution in [-0.4, -0.2) is 24.1 Å². The maximum Gasteiger partial charge on any atom is 0.244 e. The molecule has 5 aromatic rings. The van der Waals surface area contributed by atoms with Gasteiger partial charge in [-0.1, -0.05) is 54.6 Å². The number of fused-ring (bicyclic) bond motifs is 2. The van der Waals surface area contributed by atoms with Gasteiger partial charge in [0, 0.05) is 29.7 Å². The lowest BCUT2D eigenvalue weighted by Gasteiger charge is -2.18. The highest BCUT2D eigenvalue weighted by Crippen LogP contribution is 2.33. The van der Waals surface area contributed by atoms with E-state index in [2.05, 4.69) is 72.9 Å². The highest BCUT2D eigenvalue weighted by atomic mass is 16.5. The van der Waals surface area contributed by atoms with Crippen molar-refractivity contribution in [3.05, 3.63) is 102 Å². The summed E-state index contributed by atoms with van der Waals surface area (Å²) in [5.74, 6) is 0.686. The highest BCUT2D eigenvalue weighted by molar-refractivity contribution is 5.95. The highest BCUT2D eigenvalue weighted by Gasteiger charge is 2.13. The molecule has 3 N–H and O–H groups in total. The van der Waals surface area contributed by atoms with Crippen LogP contribution < -0.4 is 15.8 Å². The van der Waals surface area contributed by atoms with Crippen LogP contribution in [0.5, 0.6) is 5.75 Å². The van der Waals surface area contributed by atoms with Crippen LogP contribution in [0.25, 0.3) is 32.8 Å². The number of aromatic nitrogens is 1. The lowest BCUT2D eigenvalue weighted by molar-refractivity contribution is 0.0928. The first kappa shape index (κ1) is 22.8. The first-order valence-corrected chi connectivity index (χ1v) is 11.8. The Balaban J connectivity index is 1.41. The zero-order chi connectivity index (χ0) is 24.4. The SMILES string of the molecule is COc1ccc(CN[C@H](C)c2cccc3ccccc23)cc1-c1ccc2c(ccn2C(=O)CN)c1. The number of hydrogen-bond acceptors (Lipinski definition) is 4. The van der Waals surface area contributed by atoms with Gasteiger partial charge in [-0.15, -0.1) is 0 Å². The van der Waals surface area contributed by atoms with Crippen LogP contribution in [0.2, 0.25) is 0 Å². The summed E-state index contributed by atoms with van der Waals surface area (Å²) < 4.78 is 7.28. The van der Waals surface area contributed by atoms with Crippen LogP contribution in [0, 0.1) is 0 Å². The van der Waals surface area contributed by atoms with Crippen molar-refractivity contribution in [1.82, 2.24) is 9.88 Å². The number of nitrogens with zero attached hydrogens (tertiary/aromatic N) is 1. The van der Waals surface area contributed by atoms with E-state index in [1.54, 1.807) is 17.9 Å². The molecule has 0 unspecified atom stereocenters. The van der Waals surface area contributed by atoms with Crippen LogP contribution in [0.1, 0.15) is 28.9 Å². The molecular formula is C30H29N3O2. The Kier molecular flexibility index (Phi) is 6.36. The molecule has 5 heteroatoms. The zero-order valence-corrected chi connectivity index (χ0v) is 20.0. The monoisotopic (exact) mass is 463 g/mol. The quantitative estimate of drug-likeness (QED) is 0.314. The Morgan fingerprint density at radius 3 is 2.63 bits per heavy atom. The smallest absolute Gasteiger partial charge is 0.244 e. The average Bonchev–Trinajstić information content (AvgIpc) is 3.34. The fourth-order valence-electron chi connectivity index (χ4n) is 4.73. The molecule has 0 bridgehead atoms. The number of ether oxygens (including phenoxy) is 1. The second kappa shape index (κ2) is 9.74. The van der Waals surface area contributed by atoms with E-state index in [0.29, 0.717) is 0 Å².